The summed E-state index contributed by atoms with van der Waals surface area (Å²) in [4.78, 5) is 39.5. The van der Waals surface area contributed by atoms with Gasteiger partial charge in [0.05, 0.1) is 6.54 Å². The van der Waals surface area contributed by atoms with Gasteiger partial charge in [-0.05, 0) is 55.2 Å². The van der Waals surface area contributed by atoms with Gasteiger partial charge >= 0.3 is 12.0 Å². The molecule has 2 rings (SSSR count). The van der Waals surface area contributed by atoms with E-state index in [4.69, 9.17) is 20.9 Å². The van der Waals surface area contributed by atoms with E-state index in [0.29, 0.717) is 18.1 Å². The number of piperidine rings is 1. The van der Waals surface area contributed by atoms with E-state index in [1.165, 1.54) is 19.4 Å². The first-order chi connectivity index (χ1) is 16.9. The van der Waals surface area contributed by atoms with Gasteiger partial charge in [0.1, 0.15) is 11.6 Å². The van der Waals surface area contributed by atoms with Crippen molar-refractivity contribution in [3.05, 3.63) is 34.9 Å². The van der Waals surface area contributed by atoms with Crippen molar-refractivity contribution in [2.75, 3.05) is 25.4 Å². The highest BCUT2D eigenvalue weighted by atomic mass is 35.5. The summed E-state index contributed by atoms with van der Waals surface area (Å²) < 4.78 is 35.5. The molecule has 2 unspecified atom stereocenters. The number of carbonyl (C=O) groups excluding carboxylic acids is 3. The molecule has 1 aromatic rings. The number of likely N-dealkylation sites (tertiary alicyclic amines) is 1. The van der Waals surface area contributed by atoms with Crippen molar-refractivity contribution in [2.45, 2.75) is 65.5 Å². The van der Waals surface area contributed by atoms with E-state index in [1.807, 2.05) is 38.1 Å². The highest BCUT2D eigenvalue weighted by Crippen LogP contribution is 2.42. The molecule has 0 bridgehead atoms. The predicted molar refractivity (Wildman–Crippen MR) is 141 cm³/mol. The Morgan fingerprint density at radius 2 is 1.81 bits per heavy atom. The molecular formula is C25H38ClN3O7S. The van der Waals surface area contributed by atoms with E-state index >= 15 is 0 Å². The summed E-state index contributed by atoms with van der Waals surface area (Å²) in [7, 11) is -4.52. The van der Waals surface area contributed by atoms with E-state index < -0.39 is 39.5 Å². The van der Waals surface area contributed by atoms with Crippen LogP contribution in [0, 0.1) is 11.3 Å². The van der Waals surface area contributed by atoms with Crippen LogP contribution in [0.15, 0.2) is 24.3 Å². The van der Waals surface area contributed by atoms with Crippen LogP contribution in [0.25, 0.3) is 0 Å². The lowest BCUT2D eigenvalue weighted by Gasteiger charge is -2.45. The van der Waals surface area contributed by atoms with Gasteiger partial charge in [0.2, 0.25) is 5.91 Å². The van der Waals surface area contributed by atoms with Gasteiger partial charge in [0.15, 0.2) is 5.75 Å². The molecule has 2 atom stereocenters. The zero-order valence-corrected chi connectivity index (χ0v) is 23.8. The number of amides is 3. The second-order valence-electron chi connectivity index (χ2n) is 11.1. The SMILES string of the molecule is CC(C)C(NC(=O)NCC(C)(C)OC(=O)CS(=O)(=O)O)C(=O)N1CCC(c2ccc(Cl)cc2)C(C)(C)C1. The largest absolute Gasteiger partial charge is 0.457 e. The molecule has 1 aliphatic rings. The molecule has 1 aliphatic heterocycles. The van der Waals surface area contributed by atoms with E-state index in [0.717, 1.165) is 6.42 Å². The Hall–Kier alpha value is -2.37. The number of carbonyl (C=O) groups is 3. The van der Waals surface area contributed by atoms with Gasteiger partial charge in [-0.3, -0.25) is 14.1 Å². The number of nitrogens with one attached hydrogen (secondary N) is 2. The molecule has 3 amide bonds. The topological polar surface area (TPSA) is 142 Å². The Morgan fingerprint density at radius 1 is 1.22 bits per heavy atom. The summed E-state index contributed by atoms with van der Waals surface area (Å²) in [5.74, 6) is -2.43. The summed E-state index contributed by atoms with van der Waals surface area (Å²) >= 11 is 6.04. The number of rotatable bonds is 9. The number of benzene rings is 1. The quantitative estimate of drug-likeness (QED) is 0.311. The van der Waals surface area contributed by atoms with Crippen LogP contribution < -0.4 is 10.6 Å². The molecule has 0 spiro atoms. The minimum atomic E-state index is -4.52. The van der Waals surface area contributed by atoms with Crippen LogP contribution in [-0.4, -0.2) is 72.8 Å². The van der Waals surface area contributed by atoms with Gasteiger partial charge in [0.25, 0.3) is 10.1 Å². The first kappa shape index (κ1) is 30.9. The van der Waals surface area contributed by atoms with Gasteiger partial charge in [-0.15, -0.1) is 0 Å². The van der Waals surface area contributed by atoms with Crippen LogP contribution in [0.4, 0.5) is 4.79 Å². The Kier molecular flexibility index (Phi) is 10.0. The molecule has 12 heteroatoms. The van der Waals surface area contributed by atoms with Crippen LogP contribution in [0.1, 0.15) is 59.4 Å². The standard InChI is InChI=1S/C25H38ClN3O7S/c1-16(2)21(28-23(32)27-14-25(5,6)36-20(30)13-37(33,34)35)22(31)29-12-11-19(24(3,4)15-29)17-7-9-18(26)10-8-17/h7-10,16,19,21H,11-15H2,1-6H3,(H2,27,28,32)(H,33,34,35). The molecule has 3 N–H and O–H groups in total. The number of hydrogen-bond acceptors (Lipinski definition) is 6. The van der Waals surface area contributed by atoms with Gasteiger partial charge in [-0.1, -0.05) is 51.4 Å². The summed E-state index contributed by atoms with van der Waals surface area (Å²) in [6.45, 7) is 11.8. The Bertz CT molecular complexity index is 1090. The van der Waals surface area contributed by atoms with Crippen LogP contribution in [0.3, 0.4) is 0 Å². The fourth-order valence-electron chi connectivity index (χ4n) is 4.58. The Balaban J connectivity index is 1.98. The third-order valence-corrected chi connectivity index (χ3v) is 7.25. The minimum Gasteiger partial charge on any atom is -0.457 e. The normalized spacial score (nSPS) is 18.7. The molecule has 208 valence electrons. The Morgan fingerprint density at radius 3 is 2.32 bits per heavy atom. The highest BCUT2D eigenvalue weighted by Gasteiger charge is 2.40. The van der Waals surface area contributed by atoms with Crippen molar-refractivity contribution >= 4 is 39.6 Å². The van der Waals surface area contributed by atoms with Gasteiger partial charge < -0.3 is 20.3 Å². The van der Waals surface area contributed by atoms with Crippen molar-refractivity contribution in [3.63, 3.8) is 0 Å². The van der Waals surface area contributed by atoms with E-state index in [-0.39, 0.29) is 29.7 Å². The maximum absolute atomic E-state index is 13.4. The number of hydrogen-bond donors (Lipinski definition) is 3. The fourth-order valence-corrected chi connectivity index (χ4v) is 5.06. The van der Waals surface area contributed by atoms with Crippen LogP contribution >= 0.6 is 11.6 Å². The van der Waals surface area contributed by atoms with Gasteiger partial charge in [-0.2, -0.15) is 8.42 Å². The van der Waals surface area contributed by atoms with Crippen molar-refractivity contribution in [1.29, 1.82) is 0 Å². The number of nitrogens with zero attached hydrogens (tertiary/aromatic N) is 1. The van der Waals surface area contributed by atoms with Crippen molar-refractivity contribution in [2.24, 2.45) is 11.3 Å². The number of ether oxygens (including phenoxy) is 1. The smallest absolute Gasteiger partial charge is 0.324 e. The molecule has 0 aromatic heterocycles. The molecule has 0 aliphatic carbocycles. The van der Waals surface area contributed by atoms with Crippen LogP contribution in [-0.2, 0) is 24.4 Å². The first-order valence-electron chi connectivity index (χ1n) is 12.2. The third kappa shape index (κ3) is 9.46. The van der Waals surface area contributed by atoms with Crippen LogP contribution in [0.2, 0.25) is 5.02 Å². The van der Waals surface area contributed by atoms with E-state index in [9.17, 15) is 22.8 Å². The molecule has 1 heterocycles. The van der Waals surface area contributed by atoms with Crippen molar-refractivity contribution in [3.8, 4) is 0 Å². The molecular weight excluding hydrogens is 522 g/mol. The van der Waals surface area contributed by atoms with Gasteiger partial charge in [0, 0.05) is 18.1 Å². The molecule has 37 heavy (non-hydrogen) atoms. The fraction of sp³-hybridized carbons (Fsp3) is 0.640. The van der Waals surface area contributed by atoms with Crippen molar-refractivity contribution < 1.29 is 32.1 Å². The summed E-state index contributed by atoms with van der Waals surface area (Å²) in [5, 5.41) is 5.96. The first-order valence-corrected chi connectivity index (χ1v) is 14.1. The molecule has 1 fully saturated rings. The monoisotopic (exact) mass is 559 g/mol. The average molecular weight is 560 g/mol. The van der Waals surface area contributed by atoms with Crippen molar-refractivity contribution in [1.82, 2.24) is 15.5 Å². The number of urea groups is 1. The molecule has 0 saturated carbocycles. The molecule has 1 aromatic carbocycles. The molecule has 0 radical (unpaired) electrons. The number of halogens is 1. The van der Waals surface area contributed by atoms with E-state index in [1.54, 1.807) is 4.90 Å². The lowest BCUT2D eigenvalue weighted by molar-refractivity contribution is -0.152. The predicted octanol–water partition coefficient (Wildman–Crippen LogP) is 3.22. The maximum atomic E-state index is 13.4. The van der Waals surface area contributed by atoms with Gasteiger partial charge in [-0.25, -0.2) is 4.79 Å². The minimum absolute atomic E-state index is 0.144. The van der Waals surface area contributed by atoms with Crippen LogP contribution in [0.5, 0.6) is 0 Å². The summed E-state index contributed by atoms with van der Waals surface area (Å²) in [5.41, 5.74) is -0.259. The average Bonchev–Trinajstić information content (AvgIpc) is 2.74. The highest BCUT2D eigenvalue weighted by molar-refractivity contribution is 7.86. The molecule has 10 nitrogen and oxygen atoms in total. The molecule has 1 saturated heterocycles. The second-order valence-corrected chi connectivity index (χ2v) is 13.0. The Labute approximate surface area is 224 Å². The van der Waals surface area contributed by atoms with E-state index in [2.05, 4.69) is 24.5 Å². The lowest BCUT2D eigenvalue weighted by atomic mass is 9.70. The third-order valence-electron chi connectivity index (χ3n) is 6.40. The maximum Gasteiger partial charge on any atom is 0.324 e. The zero-order valence-electron chi connectivity index (χ0n) is 22.2. The second kappa shape index (κ2) is 12.0. The summed E-state index contributed by atoms with van der Waals surface area (Å²) in [6.07, 6.45) is 0.778. The summed E-state index contributed by atoms with van der Waals surface area (Å²) in [6, 6.07) is 6.40. The number of esters is 1. The lowest BCUT2D eigenvalue weighted by Crippen LogP contribution is -2.58. The zero-order chi connectivity index (χ0) is 28.2.